The van der Waals surface area contributed by atoms with Crippen LogP contribution in [0, 0.1) is 0 Å². The van der Waals surface area contributed by atoms with Gasteiger partial charge in [-0.15, -0.1) is 0 Å². The Morgan fingerprint density at radius 1 is 0.960 bits per heavy atom. The molecule has 0 bridgehead atoms. The molecule has 2 rings (SSSR count). The second-order valence-corrected chi connectivity index (χ2v) is 5.11. The van der Waals surface area contributed by atoms with Crippen molar-refractivity contribution < 1.29 is 9.90 Å². The highest BCUT2D eigenvalue weighted by Crippen LogP contribution is 2.03. The van der Waals surface area contributed by atoms with Gasteiger partial charge in [-0.3, -0.25) is 0 Å². The molecule has 0 saturated carbocycles. The molecule has 0 radical (unpaired) electrons. The van der Waals surface area contributed by atoms with E-state index in [1.165, 1.54) is 30.4 Å². The molecule has 0 aliphatic rings. The van der Waals surface area contributed by atoms with Gasteiger partial charge in [0, 0.05) is 6.08 Å². The van der Waals surface area contributed by atoms with Crippen LogP contribution in [0.5, 0.6) is 0 Å². The van der Waals surface area contributed by atoms with Crippen molar-refractivity contribution in [3.05, 3.63) is 97.1 Å². The maximum Gasteiger partial charge on any atom is 0.327 e. The summed E-state index contributed by atoms with van der Waals surface area (Å²) in [5.41, 5.74) is 2.47. The van der Waals surface area contributed by atoms with Crippen molar-refractivity contribution in [3.8, 4) is 0 Å². The van der Waals surface area contributed by atoms with Gasteiger partial charge in [-0.05, 0) is 17.5 Å². The number of allylic oxidation sites excluding steroid dienone is 1. The first kappa shape index (κ1) is 22.1. The number of aliphatic carboxylic acids is 1. The Hall–Kier alpha value is -2.87. The van der Waals surface area contributed by atoms with Crippen molar-refractivity contribution in [1.82, 2.24) is 0 Å². The third kappa shape index (κ3) is 14.5. The third-order valence-corrected chi connectivity index (χ3v) is 3.04. The van der Waals surface area contributed by atoms with Crippen molar-refractivity contribution in [1.29, 1.82) is 0 Å². The van der Waals surface area contributed by atoms with E-state index in [9.17, 15) is 4.79 Å². The van der Waals surface area contributed by atoms with E-state index in [-0.39, 0.29) is 0 Å². The number of carboxylic acid groups (broad SMARTS) is 1. The molecular weight excluding hydrogens is 308 g/mol. The van der Waals surface area contributed by atoms with Crippen LogP contribution in [0.25, 0.3) is 12.2 Å². The minimum atomic E-state index is -0.981. The van der Waals surface area contributed by atoms with E-state index < -0.39 is 5.97 Å². The molecule has 0 aliphatic heterocycles. The topological polar surface area (TPSA) is 37.3 Å². The zero-order valence-electron chi connectivity index (χ0n) is 15.0. The van der Waals surface area contributed by atoms with Gasteiger partial charge in [0.1, 0.15) is 0 Å². The lowest BCUT2D eigenvalue weighted by molar-refractivity contribution is -0.131. The Kier molecular flexibility index (Phi) is 14.2. The largest absolute Gasteiger partial charge is 0.478 e. The fourth-order valence-corrected chi connectivity index (χ4v) is 1.69. The summed E-state index contributed by atoms with van der Waals surface area (Å²) in [6.45, 7) is 8.81. The summed E-state index contributed by atoms with van der Waals surface area (Å²) >= 11 is 0. The van der Waals surface area contributed by atoms with E-state index in [1.807, 2.05) is 42.5 Å². The van der Waals surface area contributed by atoms with E-state index in [0.29, 0.717) is 0 Å². The summed E-state index contributed by atoms with van der Waals surface area (Å²) in [7, 11) is 0. The van der Waals surface area contributed by atoms with Crippen molar-refractivity contribution in [2.45, 2.75) is 26.2 Å². The normalized spacial score (nSPS) is 9.16. The molecule has 25 heavy (non-hydrogen) atoms. The summed E-state index contributed by atoms with van der Waals surface area (Å²) in [5.74, 6) is -0.981. The Bertz CT molecular complexity index is 613. The van der Waals surface area contributed by atoms with E-state index in [4.69, 9.17) is 5.11 Å². The molecule has 0 aromatic heterocycles. The second-order valence-electron chi connectivity index (χ2n) is 5.11. The first-order valence-electron chi connectivity index (χ1n) is 8.38. The first-order valence-corrected chi connectivity index (χ1v) is 8.38. The quantitative estimate of drug-likeness (QED) is 0.484. The summed E-state index contributed by atoms with van der Waals surface area (Å²) in [6, 6.07) is 20.5. The summed E-state index contributed by atoms with van der Waals surface area (Å²) < 4.78 is 0. The maximum absolute atomic E-state index is 9.25. The fraction of sp³-hybridized carbons (Fsp3) is 0.174. The van der Waals surface area contributed by atoms with Crippen LogP contribution in [-0.2, 0) is 4.79 Å². The second kappa shape index (κ2) is 16.0. The Balaban J connectivity index is 0.000000382. The molecule has 0 saturated heterocycles. The number of rotatable bonds is 6. The van der Waals surface area contributed by atoms with E-state index >= 15 is 0 Å². The molecule has 0 spiro atoms. The van der Waals surface area contributed by atoms with Crippen LogP contribution < -0.4 is 0 Å². The predicted octanol–water partition coefficient (Wildman–Crippen LogP) is 6.48. The molecule has 0 heterocycles. The molecule has 2 nitrogen and oxygen atoms in total. The highest BCUT2D eigenvalue weighted by Gasteiger charge is 1.82. The monoisotopic (exact) mass is 336 g/mol. The van der Waals surface area contributed by atoms with Gasteiger partial charge in [-0.2, -0.15) is 0 Å². The minimum Gasteiger partial charge on any atom is -0.478 e. The maximum atomic E-state index is 9.25. The molecule has 2 aromatic carbocycles. The molecule has 132 valence electrons. The molecule has 0 fully saturated rings. The van der Waals surface area contributed by atoms with Gasteiger partial charge in [-0.1, -0.05) is 112 Å². The average Bonchev–Trinajstić information content (AvgIpc) is 2.68. The molecule has 0 atom stereocenters. The molecule has 0 amide bonds. The van der Waals surface area contributed by atoms with Crippen LogP contribution in [-0.4, -0.2) is 11.1 Å². The number of unbranched alkanes of at least 4 members (excludes halogenated alkanes) is 2. The van der Waals surface area contributed by atoms with Crippen LogP contribution in [0.3, 0.4) is 0 Å². The van der Waals surface area contributed by atoms with Crippen molar-refractivity contribution >= 4 is 18.1 Å². The zero-order valence-corrected chi connectivity index (χ0v) is 15.0. The van der Waals surface area contributed by atoms with E-state index in [0.717, 1.165) is 6.08 Å². The van der Waals surface area contributed by atoms with E-state index in [1.54, 1.807) is 0 Å². The SMILES string of the molecule is C=CC(=O)O.C=Cc1ccccc1.CCCCC=Cc1ccccc1. The molecule has 0 unspecified atom stereocenters. The van der Waals surface area contributed by atoms with Crippen molar-refractivity contribution in [2.24, 2.45) is 0 Å². The minimum absolute atomic E-state index is 0.833. The van der Waals surface area contributed by atoms with Gasteiger partial charge < -0.3 is 5.11 Å². The molecule has 2 heteroatoms. The highest BCUT2D eigenvalue weighted by molar-refractivity contribution is 5.78. The summed E-state index contributed by atoms with van der Waals surface area (Å²) in [6.07, 6.45) is 10.9. The standard InChI is InChI=1S/C12H16.C8H8.C3H4O2/c1-2-3-4-6-9-12-10-7-5-8-11-12;1-2-8-6-4-3-5-7-8;1-2-3(4)5/h5-11H,2-4H2,1H3;2-7H,1H2;2H,1H2,(H,4,5). The zero-order chi connectivity index (χ0) is 18.8. The smallest absolute Gasteiger partial charge is 0.327 e. The van der Waals surface area contributed by atoms with Crippen LogP contribution in [0.15, 0.2) is 86.0 Å². The van der Waals surface area contributed by atoms with Gasteiger partial charge in [0.2, 0.25) is 0 Å². The van der Waals surface area contributed by atoms with Gasteiger partial charge in [0.05, 0.1) is 0 Å². The van der Waals surface area contributed by atoms with Crippen molar-refractivity contribution in [3.63, 3.8) is 0 Å². The number of hydrogen-bond acceptors (Lipinski definition) is 1. The first-order chi connectivity index (χ1) is 12.1. The number of carboxylic acids is 1. The van der Waals surface area contributed by atoms with Gasteiger partial charge in [-0.25, -0.2) is 4.79 Å². The van der Waals surface area contributed by atoms with Crippen LogP contribution in [0.1, 0.15) is 37.3 Å². The molecule has 1 N–H and O–H groups in total. The van der Waals surface area contributed by atoms with Crippen LogP contribution >= 0.6 is 0 Å². The summed E-state index contributed by atoms with van der Waals surface area (Å²) in [4.78, 5) is 9.25. The summed E-state index contributed by atoms with van der Waals surface area (Å²) in [5, 5.41) is 7.60. The fourth-order valence-electron chi connectivity index (χ4n) is 1.69. The Labute approximate surface area is 151 Å². The Morgan fingerprint density at radius 2 is 1.44 bits per heavy atom. The molecular formula is C23H28O2. The molecule has 2 aromatic rings. The predicted molar refractivity (Wildman–Crippen MR) is 109 cm³/mol. The molecule has 0 aliphatic carbocycles. The number of benzene rings is 2. The third-order valence-electron chi connectivity index (χ3n) is 3.04. The van der Waals surface area contributed by atoms with Gasteiger partial charge in [0.25, 0.3) is 0 Å². The van der Waals surface area contributed by atoms with Gasteiger partial charge >= 0.3 is 5.97 Å². The van der Waals surface area contributed by atoms with Crippen molar-refractivity contribution in [2.75, 3.05) is 0 Å². The number of carbonyl (C=O) groups is 1. The lowest BCUT2D eigenvalue weighted by atomic mass is 10.2. The van der Waals surface area contributed by atoms with Crippen LogP contribution in [0.4, 0.5) is 0 Å². The number of hydrogen-bond donors (Lipinski definition) is 1. The van der Waals surface area contributed by atoms with Crippen LogP contribution in [0.2, 0.25) is 0 Å². The van der Waals surface area contributed by atoms with Gasteiger partial charge in [0.15, 0.2) is 0 Å². The lowest BCUT2D eigenvalue weighted by Gasteiger charge is -1.91. The lowest BCUT2D eigenvalue weighted by Crippen LogP contribution is -1.82. The van der Waals surface area contributed by atoms with E-state index in [2.05, 4.69) is 56.5 Å². The highest BCUT2D eigenvalue weighted by atomic mass is 16.4. The average molecular weight is 336 g/mol. The Morgan fingerprint density at radius 3 is 1.80 bits per heavy atom.